The summed E-state index contributed by atoms with van der Waals surface area (Å²) >= 11 is 0. The largest absolute Gasteiger partial charge is 0.327 e. The van der Waals surface area contributed by atoms with Crippen molar-refractivity contribution in [3.05, 3.63) is 0 Å². The molecule has 0 heterocycles. The first kappa shape index (κ1) is 7.37. The summed E-state index contributed by atoms with van der Waals surface area (Å²) < 4.78 is 0. The molecule has 0 radical (unpaired) electrons. The van der Waals surface area contributed by atoms with Gasteiger partial charge in [0.2, 0.25) is 0 Å². The van der Waals surface area contributed by atoms with Gasteiger partial charge < -0.3 is 5.73 Å². The van der Waals surface area contributed by atoms with Gasteiger partial charge >= 0.3 is 0 Å². The number of hydrogen-bond acceptors (Lipinski definition) is 1. The summed E-state index contributed by atoms with van der Waals surface area (Å²) in [6.07, 6.45) is 10.2. The molecular formula is C11H19N. The fourth-order valence-corrected chi connectivity index (χ4v) is 4.38. The van der Waals surface area contributed by atoms with E-state index in [9.17, 15) is 0 Å². The van der Waals surface area contributed by atoms with Crippen molar-refractivity contribution in [3.8, 4) is 0 Å². The van der Waals surface area contributed by atoms with Crippen molar-refractivity contribution >= 4 is 0 Å². The molecule has 12 heavy (non-hydrogen) atoms. The van der Waals surface area contributed by atoms with E-state index in [1.54, 1.807) is 0 Å². The molecule has 3 aliphatic rings. The van der Waals surface area contributed by atoms with Gasteiger partial charge in [-0.25, -0.2) is 0 Å². The van der Waals surface area contributed by atoms with Gasteiger partial charge in [-0.1, -0.05) is 12.8 Å². The minimum Gasteiger partial charge on any atom is -0.327 e. The molecule has 3 saturated carbocycles. The van der Waals surface area contributed by atoms with Crippen molar-refractivity contribution in [2.45, 2.75) is 51.0 Å². The molecule has 3 atom stereocenters. The average molecular weight is 165 g/mol. The van der Waals surface area contributed by atoms with E-state index in [0.29, 0.717) is 11.5 Å². The third-order valence-corrected chi connectivity index (χ3v) is 4.99. The first-order valence-electron chi connectivity index (χ1n) is 5.58. The van der Waals surface area contributed by atoms with Crippen LogP contribution >= 0.6 is 0 Å². The summed E-state index contributed by atoms with van der Waals surface area (Å²) in [4.78, 5) is 0. The quantitative estimate of drug-likeness (QED) is 0.585. The zero-order valence-corrected chi connectivity index (χ0v) is 7.76. The van der Waals surface area contributed by atoms with E-state index in [1.807, 2.05) is 0 Å². The van der Waals surface area contributed by atoms with Crippen molar-refractivity contribution in [2.24, 2.45) is 23.0 Å². The Kier molecular flexibility index (Phi) is 1.39. The second kappa shape index (κ2) is 2.25. The number of rotatable bonds is 0. The minimum absolute atomic E-state index is 0.582. The minimum atomic E-state index is 0.582. The van der Waals surface area contributed by atoms with E-state index < -0.39 is 0 Å². The van der Waals surface area contributed by atoms with Gasteiger partial charge in [-0.05, 0) is 49.4 Å². The third kappa shape index (κ3) is 0.693. The first-order valence-corrected chi connectivity index (χ1v) is 5.58. The lowest BCUT2D eigenvalue weighted by atomic mass is 9.69. The lowest BCUT2D eigenvalue weighted by molar-refractivity contribution is 0.139. The maximum Gasteiger partial charge on any atom is 0.0127 e. The summed E-state index contributed by atoms with van der Waals surface area (Å²) in [5.74, 6) is 1.94. The lowest BCUT2D eigenvalue weighted by Gasteiger charge is -2.39. The van der Waals surface area contributed by atoms with E-state index in [1.165, 1.54) is 44.9 Å². The van der Waals surface area contributed by atoms with Crippen molar-refractivity contribution in [2.75, 3.05) is 0 Å². The molecule has 0 aliphatic heterocycles. The van der Waals surface area contributed by atoms with Gasteiger partial charge in [0.1, 0.15) is 0 Å². The Morgan fingerprint density at radius 3 is 2.42 bits per heavy atom. The fraction of sp³-hybridized carbons (Fsp3) is 1.00. The highest BCUT2D eigenvalue weighted by Gasteiger charge is 2.56. The van der Waals surface area contributed by atoms with Crippen molar-refractivity contribution in [3.63, 3.8) is 0 Å². The molecule has 1 heteroatoms. The molecule has 0 unspecified atom stereocenters. The van der Waals surface area contributed by atoms with Crippen LogP contribution in [0.5, 0.6) is 0 Å². The Morgan fingerprint density at radius 2 is 1.83 bits per heavy atom. The van der Waals surface area contributed by atoms with Crippen LogP contribution in [0.15, 0.2) is 0 Å². The molecule has 0 aromatic heterocycles. The molecule has 3 aliphatic carbocycles. The Hall–Kier alpha value is -0.0400. The van der Waals surface area contributed by atoms with Crippen LogP contribution in [-0.2, 0) is 0 Å². The lowest BCUT2D eigenvalue weighted by Crippen LogP contribution is -2.44. The Morgan fingerprint density at radius 1 is 1.08 bits per heavy atom. The maximum atomic E-state index is 6.36. The Labute approximate surface area is 74.7 Å². The van der Waals surface area contributed by atoms with E-state index >= 15 is 0 Å². The van der Waals surface area contributed by atoms with Crippen LogP contribution in [-0.4, -0.2) is 6.04 Å². The molecule has 68 valence electrons. The van der Waals surface area contributed by atoms with E-state index in [2.05, 4.69) is 0 Å². The molecule has 3 fully saturated rings. The van der Waals surface area contributed by atoms with Gasteiger partial charge in [0.25, 0.3) is 0 Å². The predicted octanol–water partition coefficient (Wildman–Crippen LogP) is 2.30. The van der Waals surface area contributed by atoms with Gasteiger partial charge in [-0.3, -0.25) is 0 Å². The summed E-state index contributed by atoms with van der Waals surface area (Å²) in [5.41, 5.74) is 7.00. The van der Waals surface area contributed by atoms with Gasteiger partial charge in [-0.15, -0.1) is 0 Å². The zero-order chi connectivity index (χ0) is 8.18. The summed E-state index contributed by atoms with van der Waals surface area (Å²) in [6, 6.07) is 0.582. The molecule has 3 rings (SSSR count). The van der Waals surface area contributed by atoms with Crippen LogP contribution in [0.3, 0.4) is 0 Å². The van der Waals surface area contributed by atoms with Crippen LogP contribution in [0.25, 0.3) is 0 Å². The van der Waals surface area contributed by atoms with E-state index in [0.717, 1.165) is 11.8 Å². The first-order chi connectivity index (χ1) is 5.83. The summed E-state index contributed by atoms with van der Waals surface area (Å²) in [6.45, 7) is 0. The molecular weight excluding hydrogens is 146 g/mol. The molecule has 0 aromatic rings. The molecule has 0 saturated heterocycles. The van der Waals surface area contributed by atoms with Crippen LogP contribution in [0.2, 0.25) is 0 Å². The van der Waals surface area contributed by atoms with Gasteiger partial charge in [0, 0.05) is 6.04 Å². The van der Waals surface area contributed by atoms with Crippen molar-refractivity contribution < 1.29 is 0 Å². The molecule has 1 spiro atoms. The second-order valence-electron chi connectivity index (χ2n) is 5.24. The maximum absolute atomic E-state index is 6.36. The molecule has 0 amide bonds. The smallest absolute Gasteiger partial charge is 0.0127 e. The second-order valence-corrected chi connectivity index (χ2v) is 5.24. The van der Waals surface area contributed by atoms with E-state index in [4.69, 9.17) is 5.73 Å². The normalized spacial score (nSPS) is 49.2. The van der Waals surface area contributed by atoms with Crippen LogP contribution in [0, 0.1) is 17.3 Å². The molecule has 1 nitrogen and oxygen atoms in total. The van der Waals surface area contributed by atoms with Crippen LogP contribution < -0.4 is 5.73 Å². The highest BCUT2D eigenvalue weighted by molar-refractivity contribution is 5.09. The van der Waals surface area contributed by atoms with Gasteiger partial charge in [0.05, 0.1) is 0 Å². The monoisotopic (exact) mass is 165 g/mol. The molecule has 2 bridgehead atoms. The summed E-state index contributed by atoms with van der Waals surface area (Å²) in [5, 5.41) is 0. The molecule has 0 aromatic carbocycles. The highest BCUT2D eigenvalue weighted by Crippen LogP contribution is 2.61. The predicted molar refractivity (Wildman–Crippen MR) is 49.7 cm³/mol. The van der Waals surface area contributed by atoms with E-state index in [-0.39, 0.29) is 0 Å². The van der Waals surface area contributed by atoms with Crippen molar-refractivity contribution in [1.82, 2.24) is 0 Å². The van der Waals surface area contributed by atoms with Crippen LogP contribution in [0.4, 0.5) is 0 Å². The van der Waals surface area contributed by atoms with Gasteiger partial charge in [-0.2, -0.15) is 0 Å². The highest BCUT2D eigenvalue weighted by atomic mass is 14.8. The number of hydrogen-bond donors (Lipinski definition) is 1. The van der Waals surface area contributed by atoms with Gasteiger partial charge in [0.15, 0.2) is 0 Å². The average Bonchev–Trinajstić information content (AvgIpc) is 2.75. The fourth-order valence-electron chi connectivity index (χ4n) is 4.38. The topological polar surface area (TPSA) is 26.0 Å². The standard InChI is InChI=1S/C11H19N/c12-10-8-3-4-9(7-8)11(10)5-1-2-6-11/h8-10H,1-7,12H2/t8-,9+,10-/m0/s1. The SMILES string of the molecule is N[C@H]1[C@H]2CC[C@H](C2)C12CCCC2. The number of nitrogens with two attached hydrogens (primary N) is 1. The summed E-state index contributed by atoms with van der Waals surface area (Å²) in [7, 11) is 0. The molecule has 2 N–H and O–H groups in total. The van der Waals surface area contributed by atoms with Crippen molar-refractivity contribution in [1.29, 1.82) is 0 Å². The Balaban J connectivity index is 1.94. The number of fused-ring (bicyclic) bond motifs is 3. The Bertz CT molecular complexity index is 189. The zero-order valence-electron chi connectivity index (χ0n) is 7.76. The van der Waals surface area contributed by atoms with Crippen LogP contribution in [0.1, 0.15) is 44.9 Å². The third-order valence-electron chi connectivity index (χ3n) is 4.99.